The molecule has 0 aromatic heterocycles. The van der Waals surface area contributed by atoms with Crippen molar-refractivity contribution in [3.8, 4) is 0 Å². The molecule has 0 unspecified atom stereocenters. The summed E-state index contributed by atoms with van der Waals surface area (Å²) >= 11 is 0. The first-order valence-electron chi connectivity index (χ1n) is 12.6. The van der Waals surface area contributed by atoms with Crippen LogP contribution in [0.4, 0.5) is 0 Å². The van der Waals surface area contributed by atoms with Gasteiger partial charge >= 0.3 is 5.97 Å². The Hall–Kier alpha value is -1.15. The van der Waals surface area contributed by atoms with E-state index >= 15 is 0 Å². The third kappa shape index (κ3) is 29.1. The highest BCUT2D eigenvalue weighted by atomic mass is 16.6. The zero-order valence-corrected chi connectivity index (χ0v) is 22.5. The lowest BCUT2D eigenvalue weighted by Crippen LogP contribution is -2.15. The van der Waals surface area contributed by atoms with Crippen molar-refractivity contribution < 1.29 is 52.2 Å². The Morgan fingerprint density at radius 2 is 0.750 bits per heavy atom. The Bertz CT molecular complexity index is 489. The van der Waals surface area contributed by atoms with Crippen LogP contribution in [-0.4, -0.2) is 131 Å². The monoisotopic (exact) mass is 524 g/mol. The van der Waals surface area contributed by atoms with E-state index in [-0.39, 0.29) is 12.7 Å². The van der Waals surface area contributed by atoms with Crippen molar-refractivity contribution in [1.82, 2.24) is 0 Å². The third-order valence-electron chi connectivity index (χ3n) is 4.09. The predicted molar refractivity (Wildman–Crippen MR) is 133 cm³/mol. The Balaban J connectivity index is 3.06. The summed E-state index contributed by atoms with van der Waals surface area (Å²) in [6, 6.07) is 0. The molecule has 0 saturated heterocycles. The normalized spacial score (nSPS) is 11.3. The standard InChI is InChI=1S/C25H48O11/c1-23(2)25(26)36-22-20-34-18-16-32-14-12-30-10-8-28-6-5-27-7-9-29-11-13-31-15-17-33-19-21-35-24(3)4/h24H,1,5-22H2,2-4H3. The van der Waals surface area contributed by atoms with Gasteiger partial charge in [-0.05, 0) is 20.8 Å². The maximum atomic E-state index is 11.2. The fraction of sp³-hybridized carbons (Fsp3) is 0.880. The second-order valence-corrected chi connectivity index (χ2v) is 7.73. The van der Waals surface area contributed by atoms with Crippen LogP contribution in [0.25, 0.3) is 0 Å². The molecule has 0 saturated carbocycles. The zero-order valence-electron chi connectivity index (χ0n) is 22.5. The Labute approximate surface area is 216 Å². The van der Waals surface area contributed by atoms with Crippen LogP contribution < -0.4 is 0 Å². The maximum Gasteiger partial charge on any atom is 0.333 e. The summed E-state index contributed by atoms with van der Waals surface area (Å²) in [5, 5.41) is 0. The summed E-state index contributed by atoms with van der Waals surface area (Å²) in [6.45, 7) is 17.8. The van der Waals surface area contributed by atoms with Gasteiger partial charge < -0.3 is 47.4 Å². The molecular formula is C25H48O11. The van der Waals surface area contributed by atoms with E-state index in [9.17, 15) is 4.79 Å². The molecule has 0 heterocycles. The molecule has 11 heteroatoms. The topological polar surface area (TPSA) is 109 Å². The minimum atomic E-state index is -0.409. The molecule has 214 valence electrons. The molecule has 36 heavy (non-hydrogen) atoms. The summed E-state index contributed by atoms with van der Waals surface area (Å²) in [5.74, 6) is -0.409. The smallest absolute Gasteiger partial charge is 0.333 e. The molecule has 0 aliphatic carbocycles. The Morgan fingerprint density at radius 3 is 1.00 bits per heavy atom. The minimum Gasteiger partial charge on any atom is -0.460 e. The zero-order chi connectivity index (χ0) is 26.5. The van der Waals surface area contributed by atoms with Crippen LogP contribution in [0.15, 0.2) is 12.2 Å². The van der Waals surface area contributed by atoms with Crippen LogP contribution in [0.5, 0.6) is 0 Å². The fourth-order valence-corrected chi connectivity index (χ4v) is 2.30. The molecule has 0 aromatic carbocycles. The van der Waals surface area contributed by atoms with E-state index in [2.05, 4.69) is 6.58 Å². The maximum absolute atomic E-state index is 11.2. The van der Waals surface area contributed by atoms with Crippen LogP contribution in [0.1, 0.15) is 20.8 Å². The van der Waals surface area contributed by atoms with E-state index in [0.717, 1.165) is 0 Å². The van der Waals surface area contributed by atoms with Crippen LogP contribution in [0, 0.1) is 0 Å². The quantitative estimate of drug-likeness (QED) is 0.0809. The number of hydrogen-bond donors (Lipinski definition) is 0. The van der Waals surface area contributed by atoms with Crippen molar-refractivity contribution in [1.29, 1.82) is 0 Å². The van der Waals surface area contributed by atoms with Gasteiger partial charge in [-0.25, -0.2) is 4.79 Å². The van der Waals surface area contributed by atoms with Gasteiger partial charge in [-0.1, -0.05) is 6.58 Å². The largest absolute Gasteiger partial charge is 0.460 e. The van der Waals surface area contributed by atoms with E-state index in [1.165, 1.54) is 0 Å². The molecule has 11 nitrogen and oxygen atoms in total. The highest BCUT2D eigenvalue weighted by molar-refractivity contribution is 5.86. The lowest BCUT2D eigenvalue weighted by atomic mass is 10.4. The Morgan fingerprint density at radius 1 is 0.500 bits per heavy atom. The van der Waals surface area contributed by atoms with E-state index < -0.39 is 5.97 Å². The van der Waals surface area contributed by atoms with Gasteiger partial charge in [-0.2, -0.15) is 0 Å². The molecule has 0 aliphatic rings. The van der Waals surface area contributed by atoms with Gasteiger partial charge in [0.15, 0.2) is 0 Å². The second kappa shape index (κ2) is 28.4. The van der Waals surface area contributed by atoms with E-state index in [0.29, 0.717) is 118 Å². The summed E-state index contributed by atoms with van der Waals surface area (Å²) in [4.78, 5) is 11.2. The molecule has 0 fully saturated rings. The number of carbonyl (C=O) groups is 1. The molecule has 0 radical (unpaired) electrons. The number of rotatable bonds is 29. The van der Waals surface area contributed by atoms with Crippen molar-refractivity contribution >= 4 is 5.97 Å². The molecule has 0 amide bonds. The van der Waals surface area contributed by atoms with Crippen LogP contribution in [-0.2, 0) is 52.2 Å². The van der Waals surface area contributed by atoms with Gasteiger partial charge in [0.05, 0.1) is 118 Å². The van der Waals surface area contributed by atoms with Gasteiger partial charge in [0, 0.05) is 5.57 Å². The van der Waals surface area contributed by atoms with Crippen LogP contribution in [0.2, 0.25) is 0 Å². The molecule has 0 N–H and O–H groups in total. The number of esters is 1. The lowest BCUT2D eigenvalue weighted by molar-refractivity contribution is -0.140. The van der Waals surface area contributed by atoms with Gasteiger partial charge in [0.2, 0.25) is 0 Å². The van der Waals surface area contributed by atoms with Crippen LogP contribution in [0.3, 0.4) is 0 Å². The lowest BCUT2D eigenvalue weighted by Gasteiger charge is -2.09. The number of ether oxygens (including phenoxy) is 10. The molecule has 0 bridgehead atoms. The van der Waals surface area contributed by atoms with Gasteiger partial charge in [0.1, 0.15) is 6.61 Å². The predicted octanol–water partition coefficient (Wildman–Crippen LogP) is 1.66. The SMILES string of the molecule is C=C(C)C(=O)OCCOCCOCCOCCOCCOCCOCCOCCOCCOC(C)C. The molecule has 0 spiro atoms. The van der Waals surface area contributed by atoms with Crippen molar-refractivity contribution in [3.63, 3.8) is 0 Å². The summed E-state index contributed by atoms with van der Waals surface area (Å²) < 4.78 is 53.5. The summed E-state index contributed by atoms with van der Waals surface area (Å²) in [7, 11) is 0. The molecular weight excluding hydrogens is 476 g/mol. The van der Waals surface area contributed by atoms with E-state index in [1.54, 1.807) is 6.92 Å². The van der Waals surface area contributed by atoms with Crippen molar-refractivity contribution in [2.24, 2.45) is 0 Å². The molecule has 0 atom stereocenters. The van der Waals surface area contributed by atoms with Crippen molar-refractivity contribution in [2.75, 3.05) is 119 Å². The van der Waals surface area contributed by atoms with Gasteiger partial charge in [-0.15, -0.1) is 0 Å². The first-order chi connectivity index (χ1) is 17.5. The first kappa shape index (κ1) is 34.9. The fourth-order valence-electron chi connectivity index (χ4n) is 2.30. The molecule has 0 aliphatic heterocycles. The summed E-state index contributed by atoms with van der Waals surface area (Å²) in [6.07, 6.45) is 0.230. The van der Waals surface area contributed by atoms with Crippen molar-refractivity contribution in [3.05, 3.63) is 12.2 Å². The van der Waals surface area contributed by atoms with E-state index in [1.807, 2.05) is 13.8 Å². The minimum absolute atomic E-state index is 0.204. The highest BCUT2D eigenvalue weighted by Gasteiger charge is 2.02. The van der Waals surface area contributed by atoms with Gasteiger partial charge in [0.25, 0.3) is 0 Å². The van der Waals surface area contributed by atoms with Crippen LogP contribution >= 0.6 is 0 Å². The molecule has 0 rings (SSSR count). The highest BCUT2D eigenvalue weighted by Crippen LogP contribution is 1.92. The first-order valence-corrected chi connectivity index (χ1v) is 12.6. The third-order valence-corrected chi connectivity index (χ3v) is 4.09. The van der Waals surface area contributed by atoms with Crippen molar-refractivity contribution in [2.45, 2.75) is 26.9 Å². The molecule has 0 aromatic rings. The Kier molecular flexibility index (Phi) is 27.5. The average molecular weight is 525 g/mol. The number of hydrogen-bond acceptors (Lipinski definition) is 11. The second-order valence-electron chi connectivity index (χ2n) is 7.73. The summed E-state index contributed by atoms with van der Waals surface area (Å²) in [5.41, 5.74) is 0.373. The van der Waals surface area contributed by atoms with Gasteiger partial charge in [-0.3, -0.25) is 0 Å². The average Bonchev–Trinajstić information content (AvgIpc) is 2.85. The van der Waals surface area contributed by atoms with E-state index in [4.69, 9.17) is 47.4 Å². The number of carbonyl (C=O) groups excluding carboxylic acids is 1.